The van der Waals surface area contributed by atoms with Gasteiger partial charge < -0.3 is 16.4 Å². The lowest BCUT2D eigenvalue weighted by Gasteiger charge is -2.28. The largest absolute Gasteiger partial charge is 0.417 e. The highest BCUT2D eigenvalue weighted by atomic mass is 19.4. The average molecular weight is 511 g/mol. The van der Waals surface area contributed by atoms with Gasteiger partial charge in [-0.05, 0) is 63.8 Å². The Morgan fingerprint density at radius 3 is 2.43 bits per heavy atom. The molecule has 8 nitrogen and oxygen atoms in total. The third-order valence-corrected chi connectivity index (χ3v) is 6.59. The molecule has 0 saturated heterocycles. The van der Waals surface area contributed by atoms with Gasteiger partial charge in [-0.1, -0.05) is 0 Å². The van der Waals surface area contributed by atoms with E-state index < -0.39 is 11.7 Å². The summed E-state index contributed by atoms with van der Waals surface area (Å²) in [6.45, 7) is 4.08. The Hall–Kier alpha value is -3.73. The minimum atomic E-state index is -4.45. The van der Waals surface area contributed by atoms with E-state index in [0.717, 1.165) is 54.7 Å². The fourth-order valence-corrected chi connectivity index (χ4v) is 4.55. The van der Waals surface area contributed by atoms with Crippen molar-refractivity contribution in [3.63, 3.8) is 0 Å². The molecule has 0 atom stereocenters. The number of anilines is 3. The van der Waals surface area contributed by atoms with Gasteiger partial charge in [-0.25, -0.2) is 14.6 Å². The van der Waals surface area contributed by atoms with Gasteiger partial charge >= 0.3 is 6.18 Å². The second-order valence-corrected chi connectivity index (χ2v) is 9.72. The lowest BCUT2D eigenvalue weighted by Crippen LogP contribution is -2.32. The van der Waals surface area contributed by atoms with Crippen molar-refractivity contribution >= 4 is 28.4 Å². The normalized spacial score (nSPS) is 18.4. The molecule has 0 radical (unpaired) electrons. The number of nitrogens with one attached hydrogen (secondary N) is 2. The van der Waals surface area contributed by atoms with Crippen LogP contribution < -0.4 is 16.4 Å². The van der Waals surface area contributed by atoms with Crippen LogP contribution in [-0.2, 0) is 6.18 Å². The summed E-state index contributed by atoms with van der Waals surface area (Å²) in [4.78, 5) is 13.3. The summed E-state index contributed by atoms with van der Waals surface area (Å²) in [7, 11) is 0. The second kappa shape index (κ2) is 9.97. The number of aromatic nitrogens is 5. The van der Waals surface area contributed by atoms with E-state index in [0.29, 0.717) is 22.9 Å². The van der Waals surface area contributed by atoms with Crippen LogP contribution in [0.15, 0.2) is 48.9 Å². The van der Waals surface area contributed by atoms with Gasteiger partial charge in [0.15, 0.2) is 5.65 Å². The smallest absolute Gasteiger partial charge is 0.382 e. The van der Waals surface area contributed by atoms with Crippen molar-refractivity contribution in [3.05, 3.63) is 54.5 Å². The standard InChI is InChI=1S/C26H29F3N8/c1-15(2)37-25-16(12-33-37)3-10-23(36-25)35-24-11-22(34-19-7-5-18(30)6-8-19)20(14-32-24)21-9-4-17(13-31-21)26(27,28)29/h3-4,9-15,18-19H,5-8,30H2,1-2H3,(H2,32,34,35,36). The molecule has 1 aliphatic rings. The van der Waals surface area contributed by atoms with Crippen LogP contribution in [0.1, 0.15) is 51.1 Å². The molecule has 5 rings (SSSR count). The highest BCUT2D eigenvalue weighted by Crippen LogP contribution is 2.34. The van der Waals surface area contributed by atoms with Crippen LogP contribution in [0.2, 0.25) is 0 Å². The summed E-state index contributed by atoms with van der Waals surface area (Å²) in [5, 5.41) is 12.2. The van der Waals surface area contributed by atoms with E-state index in [-0.39, 0.29) is 18.1 Å². The number of nitrogens with zero attached hydrogens (tertiary/aromatic N) is 5. The number of halogens is 3. The molecule has 4 aromatic heterocycles. The molecule has 0 spiro atoms. The SMILES string of the molecule is CC(C)n1ncc2ccc(Nc3cc(NC4CCC(N)CC4)c(-c4ccc(C(F)(F)F)cn4)cn3)nc21. The molecule has 0 amide bonds. The third kappa shape index (κ3) is 5.51. The lowest BCUT2D eigenvalue weighted by atomic mass is 9.91. The Morgan fingerprint density at radius 2 is 1.76 bits per heavy atom. The maximum absolute atomic E-state index is 13.1. The maximum atomic E-state index is 13.1. The summed E-state index contributed by atoms with van der Waals surface area (Å²) in [6.07, 6.45) is 3.44. The molecule has 1 saturated carbocycles. The zero-order chi connectivity index (χ0) is 26.2. The van der Waals surface area contributed by atoms with Crippen molar-refractivity contribution < 1.29 is 13.2 Å². The summed E-state index contributed by atoms with van der Waals surface area (Å²) >= 11 is 0. The predicted molar refractivity (Wildman–Crippen MR) is 138 cm³/mol. The monoisotopic (exact) mass is 510 g/mol. The van der Waals surface area contributed by atoms with Gasteiger partial charge in [0.05, 0.1) is 17.5 Å². The number of alkyl halides is 3. The molecular formula is C26H29F3N8. The quantitative estimate of drug-likeness (QED) is 0.296. The minimum absolute atomic E-state index is 0.160. The zero-order valence-electron chi connectivity index (χ0n) is 20.6. The number of hydrogen-bond acceptors (Lipinski definition) is 7. The predicted octanol–water partition coefficient (Wildman–Crippen LogP) is 5.91. The van der Waals surface area contributed by atoms with Crippen molar-refractivity contribution in [1.82, 2.24) is 24.7 Å². The van der Waals surface area contributed by atoms with Crippen molar-refractivity contribution in [1.29, 1.82) is 0 Å². The Labute approximate surface area is 212 Å². The first-order valence-electron chi connectivity index (χ1n) is 12.3. The second-order valence-electron chi connectivity index (χ2n) is 9.72. The number of fused-ring (bicyclic) bond motifs is 1. The van der Waals surface area contributed by atoms with E-state index >= 15 is 0 Å². The molecule has 1 aliphatic carbocycles. The topological polar surface area (TPSA) is 107 Å². The van der Waals surface area contributed by atoms with Crippen LogP contribution in [0.25, 0.3) is 22.3 Å². The van der Waals surface area contributed by atoms with Crippen molar-refractivity contribution in [2.24, 2.45) is 5.73 Å². The summed E-state index contributed by atoms with van der Waals surface area (Å²) < 4.78 is 41.0. The summed E-state index contributed by atoms with van der Waals surface area (Å²) in [5.41, 5.74) is 7.80. The van der Waals surface area contributed by atoms with Crippen LogP contribution in [0.3, 0.4) is 0 Å². The Morgan fingerprint density at radius 1 is 0.973 bits per heavy atom. The minimum Gasteiger partial charge on any atom is -0.382 e. The third-order valence-electron chi connectivity index (χ3n) is 6.59. The van der Waals surface area contributed by atoms with E-state index in [2.05, 4.69) is 25.7 Å². The number of pyridine rings is 3. The Bertz CT molecular complexity index is 1370. The van der Waals surface area contributed by atoms with Crippen molar-refractivity contribution in [2.75, 3.05) is 10.6 Å². The molecule has 4 heterocycles. The van der Waals surface area contributed by atoms with Crippen LogP contribution in [0.5, 0.6) is 0 Å². The Kier molecular flexibility index (Phi) is 6.72. The van der Waals surface area contributed by atoms with E-state index in [1.165, 1.54) is 6.07 Å². The molecule has 0 bridgehead atoms. The first kappa shape index (κ1) is 24.9. The van der Waals surface area contributed by atoms with Crippen LogP contribution >= 0.6 is 0 Å². The number of nitrogens with two attached hydrogens (primary N) is 1. The van der Waals surface area contributed by atoms with Gasteiger partial charge in [0.1, 0.15) is 11.6 Å². The van der Waals surface area contributed by atoms with Gasteiger partial charge in [0.2, 0.25) is 0 Å². The molecule has 0 aliphatic heterocycles. The van der Waals surface area contributed by atoms with E-state index in [9.17, 15) is 13.2 Å². The molecule has 0 aromatic carbocycles. The van der Waals surface area contributed by atoms with Gasteiger partial charge in [-0.2, -0.15) is 18.3 Å². The molecule has 194 valence electrons. The van der Waals surface area contributed by atoms with Gasteiger partial charge in [-0.3, -0.25) is 4.98 Å². The highest BCUT2D eigenvalue weighted by Gasteiger charge is 2.31. The average Bonchev–Trinajstić information content (AvgIpc) is 3.29. The first-order chi connectivity index (χ1) is 17.7. The molecule has 37 heavy (non-hydrogen) atoms. The molecule has 11 heteroatoms. The van der Waals surface area contributed by atoms with E-state index in [1.54, 1.807) is 12.4 Å². The van der Waals surface area contributed by atoms with Crippen molar-refractivity contribution in [2.45, 2.75) is 63.8 Å². The number of hydrogen-bond donors (Lipinski definition) is 3. The maximum Gasteiger partial charge on any atom is 0.417 e. The molecule has 1 fully saturated rings. The van der Waals surface area contributed by atoms with Crippen molar-refractivity contribution in [3.8, 4) is 11.3 Å². The van der Waals surface area contributed by atoms with Crippen LogP contribution in [-0.4, -0.2) is 36.8 Å². The van der Waals surface area contributed by atoms with Crippen LogP contribution in [0.4, 0.5) is 30.5 Å². The van der Waals surface area contributed by atoms with Gasteiger partial charge in [0.25, 0.3) is 0 Å². The summed E-state index contributed by atoms with van der Waals surface area (Å²) in [5.74, 6) is 1.16. The fourth-order valence-electron chi connectivity index (χ4n) is 4.55. The number of rotatable bonds is 6. The highest BCUT2D eigenvalue weighted by molar-refractivity contribution is 5.80. The first-order valence-corrected chi connectivity index (χ1v) is 12.3. The Balaban J connectivity index is 1.46. The zero-order valence-corrected chi connectivity index (χ0v) is 20.6. The van der Waals surface area contributed by atoms with Gasteiger partial charge in [0, 0.05) is 53.2 Å². The fraction of sp³-hybridized carbons (Fsp3) is 0.385. The van der Waals surface area contributed by atoms with E-state index in [1.807, 2.05) is 36.7 Å². The summed E-state index contributed by atoms with van der Waals surface area (Å²) in [6, 6.07) is 8.61. The van der Waals surface area contributed by atoms with Crippen LogP contribution in [0, 0.1) is 0 Å². The molecular weight excluding hydrogens is 481 g/mol. The molecule has 4 N–H and O–H groups in total. The lowest BCUT2D eigenvalue weighted by molar-refractivity contribution is -0.137. The molecule has 4 aromatic rings. The van der Waals surface area contributed by atoms with Gasteiger partial charge in [-0.15, -0.1) is 0 Å². The van der Waals surface area contributed by atoms with E-state index in [4.69, 9.17) is 10.7 Å². The molecule has 0 unspecified atom stereocenters.